The summed E-state index contributed by atoms with van der Waals surface area (Å²) in [7, 11) is 0. The number of hydrogen-bond acceptors (Lipinski definition) is 4. The van der Waals surface area contributed by atoms with Crippen molar-refractivity contribution in [3.8, 4) is 11.9 Å². The van der Waals surface area contributed by atoms with Crippen molar-refractivity contribution >= 4 is 0 Å². The summed E-state index contributed by atoms with van der Waals surface area (Å²) in [4.78, 5) is 0. The van der Waals surface area contributed by atoms with Crippen LogP contribution in [0, 0.1) is 11.3 Å². The van der Waals surface area contributed by atoms with E-state index in [0.717, 1.165) is 24.1 Å². The first-order chi connectivity index (χ1) is 7.78. The molecule has 0 aromatic carbocycles. The van der Waals surface area contributed by atoms with Gasteiger partial charge in [-0.05, 0) is 18.4 Å². The third-order valence-corrected chi connectivity index (χ3v) is 2.26. The number of nitriles is 1. The summed E-state index contributed by atoms with van der Waals surface area (Å²) in [6.07, 6.45) is 3.14. The quantitative estimate of drug-likeness (QED) is 0.708. The zero-order chi connectivity index (χ0) is 12.0. The predicted molar refractivity (Wildman–Crippen MR) is 61.2 cm³/mol. The van der Waals surface area contributed by atoms with Crippen molar-refractivity contribution in [3.63, 3.8) is 0 Å². The Morgan fingerprint density at radius 2 is 2.12 bits per heavy atom. The normalized spacial score (nSPS) is 9.56. The topological polar surface area (TPSA) is 58.8 Å². The Morgan fingerprint density at radius 3 is 2.62 bits per heavy atom. The van der Waals surface area contributed by atoms with Crippen molar-refractivity contribution in [2.45, 2.75) is 26.7 Å². The summed E-state index contributed by atoms with van der Waals surface area (Å²) in [6.45, 7) is 7.87. The molecule has 1 heterocycles. The van der Waals surface area contributed by atoms with Crippen molar-refractivity contribution in [3.05, 3.63) is 29.5 Å². The third-order valence-electron chi connectivity index (χ3n) is 2.26. The maximum absolute atomic E-state index is 9.13. The number of ether oxygens (including phenoxy) is 1. The molecule has 84 valence electrons. The number of hydrogen-bond donors (Lipinski definition) is 0. The highest BCUT2D eigenvalue weighted by Gasteiger charge is 2.14. The highest BCUT2D eigenvalue weighted by Crippen LogP contribution is 2.21. The van der Waals surface area contributed by atoms with E-state index in [9.17, 15) is 0 Å². The monoisotopic (exact) mass is 217 g/mol. The largest absolute Gasteiger partial charge is 0.471 e. The van der Waals surface area contributed by atoms with E-state index in [1.54, 1.807) is 6.08 Å². The second-order valence-corrected chi connectivity index (χ2v) is 3.22. The van der Waals surface area contributed by atoms with Crippen molar-refractivity contribution in [1.82, 2.24) is 10.2 Å². The van der Waals surface area contributed by atoms with E-state index < -0.39 is 0 Å². The molecule has 0 spiro atoms. The van der Waals surface area contributed by atoms with E-state index in [2.05, 4.69) is 22.8 Å². The zero-order valence-electron chi connectivity index (χ0n) is 9.66. The molecule has 0 aliphatic rings. The average Bonchev–Trinajstić information content (AvgIpc) is 2.34. The van der Waals surface area contributed by atoms with Crippen LogP contribution in [-0.2, 0) is 12.8 Å². The van der Waals surface area contributed by atoms with E-state index in [4.69, 9.17) is 10.00 Å². The Balaban J connectivity index is 3.21. The Labute approximate surface area is 95.6 Å². The molecule has 0 aliphatic carbocycles. The van der Waals surface area contributed by atoms with Crippen LogP contribution in [0.25, 0.3) is 0 Å². The fourth-order valence-corrected chi connectivity index (χ4v) is 1.51. The minimum atomic E-state index is 0.302. The maximum atomic E-state index is 9.13. The Hall–Kier alpha value is -1.89. The summed E-state index contributed by atoms with van der Waals surface area (Å²) >= 11 is 0. The van der Waals surface area contributed by atoms with E-state index in [-0.39, 0.29) is 0 Å². The van der Waals surface area contributed by atoms with Gasteiger partial charge in [-0.2, -0.15) is 10.4 Å². The van der Waals surface area contributed by atoms with Gasteiger partial charge in [0, 0.05) is 0 Å². The van der Waals surface area contributed by atoms with Gasteiger partial charge in [-0.3, -0.25) is 0 Å². The van der Waals surface area contributed by atoms with Gasteiger partial charge in [-0.1, -0.05) is 26.5 Å². The third kappa shape index (κ3) is 2.37. The van der Waals surface area contributed by atoms with E-state index >= 15 is 0 Å². The molecule has 0 atom stereocenters. The highest BCUT2D eigenvalue weighted by molar-refractivity contribution is 5.46. The molecule has 0 N–H and O–H groups in total. The lowest BCUT2D eigenvalue weighted by Crippen LogP contribution is -2.07. The molecular weight excluding hydrogens is 202 g/mol. The van der Waals surface area contributed by atoms with Crippen LogP contribution in [0.15, 0.2) is 12.7 Å². The van der Waals surface area contributed by atoms with Gasteiger partial charge in [0.1, 0.15) is 18.2 Å². The summed E-state index contributed by atoms with van der Waals surface area (Å²) in [5, 5.41) is 17.1. The lowest BCUT2D eigenvalue weighted by molar-refractivity contribution is 0.341. The van der Waals surface area contributed by atoms with Gasteiger partial charge in [0.25, 0.3) is 5.88 Å². The van der Waals surface area contributed by atoms with Crippen molar-refractivity contribution in [2.24, 2.45) is 0 Å². The van der Waals surface area contributed by atoms with Crippen LogP contribution < -0.4 is 4.74 Å². The first-order valence-electron chi connectivity index (χ1n) is 5.30. The Kier molecular flexibility index (Phi) is 4.46. The second-order valence-electron chi connectivity index (χ2n) is 3.22. The molecule has 0 fully saturated rings. The molecule has 0 unspecified atom stereocenters. The molecule has 4 heteroatoms. The molecule has 0 radical (unpaired) electrons. The molecule has 1 aromatic heterocycles. The van der Waals surface area contributed by atoms with Crippen LogP contribution in [0.2, 0.25) is 0 Å². The van der Waals surface area contributed by atoms with Gasteiger partial charge in [0.2, 0.25) is 0 Å². The first-order valence-corrected chi connectivity index (χ1v) is 5.30. The van der Waals surface area contributed by atoms with Crippen molar-refractivity contribution in [2.75, 3.05) is 6.61 Å². The van der Waals surface area contributed by atoms with Crippen LogP contribution in [0.1, 0.15) is 30.7 Å². The highest BCUT2D eigenvalue weighted by atomic mass is 16.5. The van der Waals surface area contributed by atoms with Gasteiger partial charge in [-0.15, -0.1) is 5.10 Å². The Morgan fingerprint density at radius 1 is 1.38 bits per heavy atom. The second kappa shape index (κ2) is 5.86. The summed E-state index contributed by atoms with van der Waals surface area (Å²) in [5.74, 6) is 0.302. The number of rotatable bonds is 5. The molecule has 0 saturated carbocycles. The molecule has 16 heavy (non-hydrogen) atoms. The van der Waals surface area contributed by atoms with Crippen molar-refractivity contribution in [1.29, 1.82) is 5.26 Å². The minimum absolute atomic E-state index is 0.302. The summed E-state index contributed by atoms with van der Waals surface area (Å²) in [5.41, 5.74) is 2.29. The molecule has 0 aliphatic heterocycles. The smallest absolute Gasteiger partial charge is 0.252 e. The van der Waals surface area contributed by atoms with E-state index in [1.807, 2.05) is 13.8 Å². The van der Waals surface area contributed by atoms with Gasteiger partial charge in [0.05, 0.1) is 5.69 Å². The predicted octanol–water partition coefficient (Wildman–Crippen LogP) is 2.04. The number of aromatic nitrogens is 2. The van der Waals surface area contributed by atoms with Gasteiger partial charge < -0.3 is 4.74 Å². The zero-order valence-corrected chi connectivity index (χ0v) is 9.66. The molecule has 0 bridgehead atoms. The van der Waals surface area contributed by atoms with Crippen LogP contribution in [0.5, 0.6) is 5.88 Å². The van der Waals surface area contributed by atoms with Crippen LogP contribution in [-0.4, -0.2) is 16.8 Å². The molecule has 0 saturated heterocycles. The SMILES string of the molecule is C=CCOc1nnc(CC)c(CC)c1C#N. The van der Waals surface area contributed by atoms with Gasteiger partial charge in [-0.25, -0.2) is 0 Å². The van der Waals surface area contributed by atoms with E-state index in [1.165, 1.54) is 0 Å². The van der Waals surface area contributed by atoms with Crippen molar-refractivity contribution < 1.29 is 4.74 Å². The standard InChI is InChI=1S/C12H15N3O/c1-4-7-16-12-10(8-13)9(5-2)11(6-3)14-15-12/h4H,1,5-7H2,2-3H3. The molecule has 4 nitrogen and oxygen atoms in total. The fraction of sp³-hybridized carbons (Fsp3) is 0.417. The molecule has 0 amide bonds. The molecule has 1 rings (SSSR count). The van der Waals surface area contributed by atoms with Crippen LogP contribution in [0.3, 0.4) is 0 Å². The van der Waals surface area contributed by atoms with Crippen LogP contribution in [0.4, 0.5) is 0 Å². The maximum Gasteiger partial charge on any atom is 0.252 e. The first kappa shape index (κ1) is 12.2. The fourth-order valence-electron chi connectivity index (χ4n) is 1.51. The molecular formula is C12H15N3O. The lowest BCUT2D eigenvalue weighted by atomic mass is 10.0. The summed E-state index contributed by atoms with van der Waals surface area (Å²) in [6, 6.07) is 2.14. The number of aryl methyl sites for hydroxylation is 1. The van der Waals surface area contributed by atoms with Crippen LogP contribution >= 0.6 is 0 Å². The summed E-state index contributed by atoms with van der Waals surface area (Å²) < 4.78 is 5.31. The Bertz CT molecular complexity index is 421. The lowest BCUT2D eigenvalue weighted by Gasteiger charge is -2.09. The average molecular weight is 217 g/mol. The number of nitrogens with zero attached hydrogens (tertiary/aromatic N) is 3. The minimum Gasteiger partial charge on any atom is -0.471 e. The van der Waals surface area contributed by atoms with E-state index in [0.29, 0.717) is 18.1 Å². The van der Waals surface area contributed by atoms with Gasteiger partial charge >= 0.3 is 0 Å². The van der Waals surface area contributed by atoms with Gasteiger partial charge in [0.15, 0.2) is 0 Å². The molecule has 1 aromatic rings.